The molecule has 2 heteroatoms. The van der Waals surface area contributed by atoms with Gasteiger partial charge in [0.1, 0.15) is 0 Å². The largest absolute Gasteiger partial charge is 0.372 e. The van der Waals surface area contributed by atoms with Gasteiger partial charge in [0.25, 0.3) is 0 Å². The Hall–Kier alpha value is 0.440. The highest BCUT2D eigenvalue weighted by molar-refractivity contribution is 9.09. The van der Waals surface area contributed by atoms with Crippen LogP contribution in [0, 0.1) is 5.41 Å². The molecule has 1 saturated carbocycles. The fourth-order valence-corrected chi connectivity index (χ4v) is 3.94. The minimum Gasteiger partial charge on any atom is -0.372 e. The van der Waals surface area contributed by atoms with Crippen LogP contribution in [0.5, 0.6) is 0 Å². The lowest BCUT2D eigenvalue weighted by Crippen LogP contribution is -2.31. The van der Waals surface area contributed by atoms with Gasteiger partial charge in [0, 0.05) is 4.83 Å². The molecule has 2 unspecified atom stereocenters. The topological polar surface area (TPSA) is 9.23 Å². The maximum atomic E-state index is 6.44. The van der Waals surface area contributed by atoms with E-state index in [2.05, 4.69) is 36.7 Å². The summed E-state index contributed by atoms with van der Waals surface area (Å²) in [6.07, 6.45) is 13.9. The van der Waals surface area contributed by atoms with Gasteiger partial charge in [0.05, 0.1) is 11.7 Å². The van der Waals surface area contributed by atoms with Crippen molar-refractivity contribution in [3.8, 4) is 0 Å². The molecule has 2 rings (SSSR count). The highest BCUT2D eigenvalue weighted by atomic mass is 79.9. The normalized spacial score (nSPS) is 28.7. The van der Waals surface area contributed by atoms with Crippen molar-refractivity contribution < 1.29 is 4.74 Å². The number of hydrogen-bond donors (Lipinski definition) is 0. The van der Waals surface area contributed by atoms with Crippen molar-refractivity contribution >= 4 is 15.9 Å². The molecule has 112 valence electrons. The Morgan fingerprint density at radius 2 is 1.84 bits per heavy atom. The summed E-state index contributed by atoms with van der Waals surface area (Å²) < 4.78 is 6.44. The third-order valence-corrected chi connectivity index (χ3v) is 6.86. The molecule has 1 heterocycles. The summed E-state index contributed by atoms with van der Waals surface area (Å²) in [4.78, 5) is 0.630. The van der Waals surface area contributed by atoms with E-state index >= 15 is 0 Å². The smallest absolute Gasteiger partial charge is 0.0687 e. The fraction of sp³-hybridized carbons (Fsp3) is 1.00. The molecule has 2 atom stereocenters. The summed E-state index contributed by atoms with van der Waals surface area (Å²) in [6, 6.07) is 0. The molecule has 0 aromatic carbocycles. The maximum Gasteiger partial charge on any atom is 0.0687 e. The second-order valence-corrected chi connectivity index (χ2v) is 8.89. The van der Waals surface area contributed by atoms with Crippen LogP contribution in [0.1, 0.15) is 85.0 Å². The van der Waals surface area contributed by atoms with Gasteiger partial charge in [0.2, 0.25) is 0 Å². The molecule has 19 heavy (non-hydrogen) atoms. The third-order valence-electron chi connectivity index (χ3n) is 5.03. The number of halogens is 1. The molecular formula is C17H31BrO. The van der Waals surface area contributed by atoms with Crippen molar-refractivity contribution in [3.63, 3.8) is 0 Å². The first-order valence-corrected chi connectivity index (χ1v) is 9.15. The molecule has 1 nitrogen and oxygen atoms in total. The van der Waals surface area contributed by atoms with Crippen molar-refractivity contribution in [3.05, 3.63) is 0 Å². The second kappa shape index (κ2) is 6.47. The van der Waals surface area contributed by atoms with Crippen LogP contribution in [0.25, 0.3) is 0 Å². The Kier molecular flexibility index (Phi) is 5.39. The van der Waals surface area contributed by atoms with E-state index in [1.165, 1.54) is 64.2 Å². The summed E-state index contributed by atoms with van der Waals surface area (Å²) in [5.74, 6) is 0. The van der Waals surface area contributed by atoms with Gasteiger partial charge in [-0.1, -0.05) is 56.0 Å². The van der Waals surface area contributed by atoms with Crippen molar-refractivity contribution in [2.24, 2.45) is 5.41 Å². The molecule has 0 radical (unpaired) electrons. The van der Waals surface area contributed by atoms with Crippen LogP contribution in [-0.2, 0) is 4.74 Å². The van der Waals surface area contributed by atoms with Crippen molar-refractivity contribution in [1.82, 2.24) is 0 Å². The molecule has 0 aromatic rings. The van der Waals surface area contributed by atoms with Crippen molar-refractivity contribution in [2.75, 3.05) is 0 Å². The van der Waals surface area contributed by atoms with Gasteiger partial charge >= 0.3 is 0 Å². The SMILES string of the molecule is CC(C)(C)C(Br)CCCC1CCC2(CCCCC2)O1. The van der Waals surface area contributed by atoms with Gasteiger partial charge in [-0.2, -0.15) is 0 Å². The highest BCUT2D eigenvalue weighted by Crippen LogP contribution is 2.43. The van der Waals surface area contributed by atoms with Crippen LogP contribution >= 0.6 is 15.9 Å². The molecule has 0 aromatic heterocycles. The predicted octanol–water partition coefficient (Wildman–Crippen LogP) is 5.85. The van der Waals surface area contributed by atoms with Crippen molar-refractivity contribution in [2.45, 2.75) is 102 Å². The van der Waals surface area contributed by atoms with E-state index in [9.17, 15) is 0 Å². The lowest BCUT2D eigenvalue weighted by atomic mass is 9.83. The molecule has 1 aliphatic carbocycles. The number of rotatable bonds is 4. The van der Waals surface area contributed by atoms with Gasteiger partial charge < -0.3 is 4.74 Å². The number of alkyl halides is 1. The van der Waals surface area contributed by atoms with Crippen LogP contribution < -0.4 is 0 Å². The zero-order valence-corrected chi connectivity index (χ0v) is 14.6. The average molecular weight is 331 g/mol. The summed E-state index contributed by atoms with van der Waals surface area (Å²) in [5.41, 5.74) is 0.682. The monoisotopic (exact) mass is 330 g/mol. The Labute approximate surface area is 128 Å². The summed E-state index contributed by atoms with van der Waals surface area (Å²) in [5, 5.41) is 0. The van der Waals surface area contributed by atoms with E-state index in [1.54, 1.807) is 0 Å². The van der Waals surface area contributed by atoms with Crippen LogP contribution in [0.15, 0.2) is 0 Å². The van der Waals surface area contributed by atoms with E-state index in [4.69, 9.17) is 4.74 Å². The fourth-order valence-electron chi connectivity index (χ4n) is 3.62. The lowest BCUT2D eigenvalue weighted by molar-refractivity contribution is -0.0661. The van der Waals surface area contributed by atoms with Gasteiger partial charge in [-0.15, -0.1) is 0 Å². The zero-order chi connectivity index (χ0) is 13.9. The Morgan fingerprint density at radius 3 is 2.47 bits per heavy atom. The predicted molar refractivity (Wildman–Crippen MR) is 85.9 cm³/mol. The van der Waals surface area contributed by atoms with Crippen LogP contribution in [0.3, 0.4) is 0 Å². The van der Waals surface area contributed by atoms with E-state index < -0.39 is 0 Å². The van der Waals surface area contributed by atoms with E-state index in [0.717, 1.165) is 0 Å². The molecule has 1 saturated heterocycles. The zero-order valence-electron chi connectivity index (χ0n) is 13.0. The Morgan fingerprint density at radius 1 is 1.16 bits per heavy atom. The molecule has 2 fully saturated rings. The first kappa shape index (κ1) is 15.8. The van der Waals surface area contributed by atoms with Crippen LogP contribution in [0.4, 0.5) is 0 Å². The standard InChI is InChI=1S/C17H31BrO/c1-16(2,3)15(18)9-7-8-14-10-13-17(19-14)11-5-4-6-12-17/h14-15H,4-13H2,1-3H3. The molecule has 0 N–H and O–H groups in total. The van der Waals surface area contributed by atoms with Crippen molar-refractivity contribution in [1.29, 1.82) is 0 Å². The third kappa shape index (κ3) is 4.46. The molecule has 0 bridgehead atoms. The van der Waals surface area contributed by atoms with E-state index in [-0.39, 0.29) is 0 Å². The van der Waals surface area contributed by atoms with Gasteiger partial charge in [-0.25, -0.2) is 0 Å². The first-order chi connectivity index (χ1) is 8.91. The van der Waals surface area contributed by atoms with Gasteiger partial charge in [0.15, 0.2) is 0 Å². The molecule has 0 amide bonds. The maximum absolute atomic E-state index is 6.44. The minimum absolute atomic E-state index is 0.306. The van der Waals surface area contributed by atoms with Crippen LogP contribution in [0.2, 0.25) is 0 Å². The van der Waals surface area contributed by atoms with E-state index in [0.29, 0.717) is 21.9 Å². The van der Waals surface area contributed by atoms with E-state index in [1.807, 2.05) is 0 Å². The number of ether oxygens (including phenoxy) is 1. The lowest BCUT2D eigenvalue weighted by Gasteiger charge is -2.33. The second-order valence-electron chi connectivity index (χ2n) is 7.79. The average Bonchev–Trinajstić information content (AvgIpc) is 2.72. The van der Waals surface area contributed by atoms with Gasteiger partial charge in [-0.3, -0.25) is 0 Å². The first-order valence-electron chi connectivity index (χ1n) is 8.23. The van der Waals surface area contributed by atoms with Crippen LogP contribution in [-0.4, -0.2) is 16.5 Å². The molecule has 2 aliphatic rings. The molecular weight excluding hydrogens is 300 g/mol. The molecule has 1 spiro atoms. The summed E-state index contributed by atoms with van der Waals surface area (Å²) in [7, 11) is 0. The Balaban J connectivity index is 1.68. The molecule has 1 aliphatic heterocycles. The minimum atomic E-state index is 0.306. The van der Waals surface area contributed by atoms with Gasteiger partial charge in [-0.05, 0) is 50.4 Å². The number of hydrogen-bond acceptors (Lipinski definition) is 1. The summed E-state index contributed by atoms with van der Waals surface area (Å²) in [6.45, 7) is 6.94. The Bertz CT molecular complexity index is 275. The summed E-state index contributed by atoms with van der Waals surface area (Å²) >= 11 is 3.84. The highest BCUT2D eigenvalue weighted by Gasteiger charge is 2.40. The quantitative estimate of drug-likeness (QED) is 0.587.